The van der Waals surface area contributed by atoms with Gasteiger partial charge in [-0.3, -0.25) is 8.78 Å². The lowest BCUT2D eigenvalue weighted by Gasteiger charge is -2.11. The highest BCUT2D eigenvalue weighted by Crippen LogP contribution is 2.31. The second-order valence-corrected chi connectivity index (χ2v) is 5.58. The van der Waals surface area contributed by atoms with E-state index in [0.29, 0.717) is 12.1 Å². The molecule has 0 spiro atoms. The van der Waals surface area contributed by atoms with Gasteiger partial charge in [0.1, 0.15) is 0 Å². The summed E-state index contributed by atoms with van der Waals surface area (Å²) >= 11 is 0. The molecule has 0 radical (unpaired) electrons. The summed E-state index contributed by atoms with van der Waals surface area (Å²) in [5.41, 5.74) is 3.42. The van der Waals surface area contributed by atoms with Gasteiger partial charge < -0.3 is 4.57 Å². The first-order chi connectivity index (χ1) is 11.3. The number of halogens is 2. The molecule has 0 saturated heterocycles. The van der Waals surface area contributed by atoms with Gasteiger partial charge in [0, 0.05) is 35.1 Å². The molecule has 0 saturated carbocycles. The fraction of sp³-hybridized carbons (Fsp3) is 0.211. The Kier molecular flexibility index (Phi) is 4.38. The Bertz CT molecular complexity index is 857. The van der Waals surface area contributed by atoms with Crippen LogP contribution in [0.25, 0.3) is 22.0 Å². The van der Waals surface area contributed by atoms with Crippen LogP contribution in [0.2, 0.25) is 0 Å². The highest BCUT2D eigenvalue weighted by atomic mass is 19.1. The molecule has 4 heteroatoms. The van der Waals surface area contributed by atoms with Gasteiger partial charge in [-0.1, -0.05) is 30.3 Å². The van der Waals surface area contributed by atoms with E-state index in [1.165, 1.54) is 0 Å². The van der Waals surface area contributed by atoms with Crippen LogP contribution in [0.1, 0.15) is 5.56 Å². The minimum absolute atomic E-state index is 0.297. The lowest BCUT2D eigenvalue weighted by atomic mass is 10.0. The van der Waals surface area contributed by atoms with Gasteiger partial charge in [0.2, 0.25) is 0 Å². The number of para-hydroxylation sites is 1. The van der Waals surface area contributed by atoms with Crippen molar-refractivity contribution in [3.8, 4) is 17.2 Å². The molecule has 1 heterocycles. The number of nitrogens with zero attached hydrogens (tertiary/aromatic N) is 2. The standard InChI is InChI=1S/C19H16F2N2/c20-9-15(10-21)12-23-13-18(17-6-1-2-7-19(17)23)16-5-3-4-14(8-16)11-22/h1-8,13,15H,9-10,12H2. The average Bonchev–Trinajstić information content (AvgIpc) is 2.98. The quantitative estimate of drug-likeness (QED) is 0.669. The fourth-order valence-electron chi connectivity index (χ4n) is 2.80. The zero-order chi connectivity index (χ0) is 16.2. The highest BCUT2D eigenvalue weighted by Gasteiger charge is 2.14. The summed E-state index contributed by atoms with van der Waals surface area (Å²) in [5, 5.41) is 10.1. The molecule has 0 aliphatic carbocycles. The van der Waals surface area contributed by atoms with Gasteiger partial charge in [-0.15, -0.1) is 0 Å². The number of fused-ring (bicyclic) bond motifs is 1. The van der Waals surface area contributed by atoms with E-state index in [2.05, 4.69) is 6.07 Å². The van der Waals surface area contributed by atoms with Gasteiger partial charge in [0.25, 0.3) is 0 Å². The van der Waals surface area contributed by atoms with Crippen molar-refractivity contribution in [2.75, 3.05) is 13.3 Å². The monoisotopic (exact) mass is 310 g/mol. The van der Waals surface area contributed by atoms with Gasteiger partial charge in [-0.25, -0.2) is 0 Å². The first-order valence-corrected chi connectivity index (χ1v) is 7.47. The first kappa shape index (κ1) is 15.2. The number of nitriles is 1. The summed E-state index contributed by atoms with van der Waals surface area (Å²) in [7, 11) is 0. The summed E-state index contributed by atoms with van der Waals surface area (Å²) < 4.78 is 27.7. The third kappa shape index (κ3) is 2.95. The van der Waals surface area contributed by atoms with Crippen LogP contribution in [0.5, 0.6) is 0 Å². The molecule has 0 aliphatic heterocycles. The Morgan fingerprint density at radius 2 is 1.83 bits per heavy atom. The van der Waals surface area contributed by atoms with Crippen LogP contribution in [-0.4, -0.2) is 17.9 Å². The van der Waals surface area contributed by atoms with Crippen LogP contribution in [0.15, 0.2) is 54.7 Å². The van der Waals surface area contributed by atoms with Gasteiger partial charge in [0.15, 0.2) is 0 Å². The van der Waals surface area contributed by atoms with E-state index in [-0.39, 0.29) is 0 Å². The largest absolute Gasteiger partial charge is 0.346 e. The molecular weight excluding hydrogens is 294 g/mol. The molecule has 0 bridgehead atoms. The normalized spacial score (nSPS) is 11.0. The SMILES string of the molecule is N#Cc1cccc(-c2cn(CC(CF)CF)c3ccccc23)c1. The van der Waals surface area contributed by atoms with E-state index >= 15 is 0 Å². The van der Waals surface area contributed by atoms with Gasteiger partial charge in [-0.2, -0.15) is 5.26 Å². The maximum absolute atomic E-state index is 12.9. The maximum atomic E-state index is 12.9. The van der Waals surface area contributed by atoms with Crippen LogP contribution < -0.4 is 0 Å². The number of aromatic nitrogens is 1. The predicted molar refractivity (Wildman–Crippen MR) is 87.5 cm³/mol. The smallest absolute Gasteiger partial charge is 0.0991 e. The van der Waals surface area contributed by atoms with Crippen molar-refractivity contribution in [1.29, 1.82) is 5.26 Å². The molecule has 0 fully saturated rings. The first-order valence-electron chi connectivity index (χ1n) is 7.47. The van der Waals surface area contributed by atoms with Crippen molar-refractivity contribution in [3.05, 3.63) is 60.3 Å². The molecule has 0 N–H and O–H groups in total. The van der Waals surface area contributed by atoms with Crippen molar-refractivity contribution in [3.63, 3.8) is 0 Å². The molecule has 1 aromatic heterocycles. The minimum atomic E-state index is -0.678. The van der Waals surface area contributed by atoms with Crippen LogP contribution in [0.4, 0.5) is 8.78 Å². The second-order valence-electron chi connectivity index (χ2n) is 5.58. The molecule has 2 aromatic carbocycles. The molecule has 3 rings (SSSR count). The van der Waals surface area contributed by atoms with Crippen molar-refractivity contribution >= 4 is 10.9 Å². The highest BCUT2D eigenvalue weighted by molar-refractivity contribution is 5.96. The number of benzene rings is 2. The van der Waals surface area contributed by atoms with Crippen molar-refractivity contribution in [2.24, 2.45) is 5.92 Å². The topological polar surface area (TPSA) is 28.7 Å². The van der Waals surface area contributed by atoms with E-state index in [1.807, 2.05) is 53.2 Å². The molecule has 2 nitrogen and oxygen atoms in total. The molecule has 0 atom stereocenters. The van der Waals surface area contributed by atoms with Crippen LogP contribution >= 0.6 is 0 Å². The Morgan fingerprint density at radius 3 is 2.57 bits per heavy atom. The maximum Gasteiger partial charge on any atom is 0.0991 e. The lowest BCUT2D eigenvalue weighted by molar-refractivity contribution is 0.265. The zero-order valence-electron chi connectivity index (χ0n) is 12.5. The predicted octanol–water partition coefficient (Wildman–Crippen LogP) is 4.74. The molecule has 0 amide bonds. The van der Waals surface area contributed by atoms with E-state index in [1.54, 1.807) is 6.07 Å². The molecular formula is C19H16F2N2. The third-order valence-corrected chi connectivity index (χ3v) is 3.98. The summed E-state index contributed by atoms with van der Waals surface area (Å²) in [6, 6.07) is 17.3. The number of alkyl halides is 2. The Hall–Kier alpha value is -2.67. The van der Waals surface area contributed by atoms with E-state index in [4.69, 9.17) is 5.26 Å². The van der Waals surface area contributed by atoms with E-state index in [9.17, 15) is 8.78 Å². The Morgan fingerprint density at radius 1 is 1.04 bits per heavy atom. The molecule has 0 unspecified atom stereocenters. The number of hydrogen-bond donors (Lipinski definition) is 0. The minimum Gasteiger partial charge on any atom is -0.346 e. The molecule has 0 aliphatic rings. The van der Waals surface area contributed by atoms with Gasteiger partial charge >= 0.3 is 0 Å². The Labute approximate surface area is 133 Å². The number of hydrogen-bond acceptors (Lipinski definition) is 1. The fourth-order valence-corrected chi connectivity index (χ4v) is 2.80. The Balaban J connectivity index is 2.12. The van der Waals surface area contributed by atoms with Crippen molar-refractivity contribution < 1.29 is 8.78 Å². The van der Waals surface area contributed by atoms with Crippen molar-refractivity contribution in [1.82, 2.24) is 4.57 Å². The summed E-state index contributed by atoms with van der Waals surface area (Å²) in [5.74, 6) is -0.635. The van der Waals surface area contributed by atoms with Gasteiger partial charge in [0.05, 0.1) is 25.0 Å². The summed E-state index contributed by atoms with van der Waals surface area (Å²) in [6.45, 7) is -1.06. The molecule has 116 valence electrons. The average molecular weight is 310 g/mol. The lowest BCUT2D eigenvalue weighted by Crippen LogP contribution is -2.13. The molecule has 3 aromatic rings. The van der Waals surface area contributed by atoms with Crippen LogP contribution in [-0.2, 0) is 6.54 Å². The third-order valence-electron chi connectivity index (χ3n) is 3.98. The van der Waals surface area contributed by atoms with Gasteiger partial charge in [-0.05, 0) is 23.8 Å². The van der Waals surface area contributed by atoms with Crippen molar-refractivity contribution in [2.45, 2.75) is 6.54 Å². The summed E-state index contributed by atoms with van der Waals surface area (Å²) in [6.07, 6.45) is 1.92. The van der Waals surface area contributed by atoms with Crippen LogP contribution in [0.3, 0.4) is 0 Å². The van der Waals surface area contributed by atoms with E-state index in [0.717, 1.165) is 22.0 Å². The zero-order valence-corrected chi connectivity index (χ0v) is 12.5. The number of rotatable bonds is 5. The second kappa shape index (κ2) is 6.62. The molecule has 23 heavy (non-hydrogen) atoms. The van der Waals surface area contributed by atoms with Crippen LogP contribution in [0, 0.1) is 17.2 Å². The van der Waals surface area contributed by atoms with E-state index < -0.39 is 19.3 Å². The summed E-state index contributed by atoms with van der Waals surface area (Å²) in [4.78, 5) is 0.